The van der Waals surface area contributed by atoms with Gasteiger partial charge >= 0.3 is 6.18 Å². The third-order valence-electron chi connectivity index (χ3n) is 3.62. The van der Waals surface area contributed by atoms with Gasteiger partial charge in [-0.25, -0.2) is 4.39 Å². The molecule has 1 amide bonds. The summed E-state index contributed by atoms with van der Waals surface area (Å²) in [4.78, 5) is 12.1. The molecule has 0 spiro atoms. The molecule has 1 aliphatic heterocycles. The molecule has 0 fully saturated rings. The van der Waals surface area contributed by atoms with Crippen molar-refractivity contribution in [1.29, 1.82) is 0 Å². The lowest BCUT2D eigenvalue weighted by Crippen LogP contribution is -2.30. The first-order valence-corrected chi connectivity index (χ1v) is 6.73. The molecule has 3 rings (SSSR count). The molecule has 23 heavy (non-hydrogen) atoms. The number of alkyl halides is 4. The molecule has 120 valence electrons. The van der Waals surface area contributed by atoms with Gasteiger partial charge in [0.05, 0.1) is 11.3 Å². The standard InChI is InChI=1S/C15H8ClF4NO2/c16-7-4-5-11(22)10(6-7)14(17)8-2-1-3-9(15(18,19)20)12(8)21-13(14)23/h1-6,22H,(H,21,23). The topological polar surface area (TPSA) is 49.3 Å². The lowest BCUT2D eigenvalue weighted by Gasteiger charge is -2.20. The average Bonchev–Trinajstić information content (AvgIpc) is 2.73. The largest absolute Gasteiger partial charge is 0.508 e. The second-order valence-corrected chi connectivity index (χ2v) is 5.44. The quantitative estimate of drug-likeness (QED) is 0.760. The van der Waals surface area contributed by atoms with Crippen LogP contribution in [0.1, 0.15) is 16.7 Å². The van der Waals surface area contributed by atoms with Gasteiger partial charge < -0.3 is 10.4 Å². The van der Waals surface area contributed by atoms with Crippen molar-refractivity contribution in [2.24, 2.45) is 0 Å². The highest BCUT2D eigenvalue weighted by molar-refractivity contribution is 6.30. The Kier molecular flexibility index (Phi) is 3.30. The van der Waals surface area contributed by atoms with Gasteiger partial charge in [-0.1, -0.05) is 23.7 Å². The molecule has 1 unspecified atom stereocenters. The molecule has 0 aromatic heterocycles. The van der Waals surface area contributed by atoms with Gasteiger partial charge in [0.2, 0.25) is 5.67 Å². The molecule has 8 heteroatoms. The Balaban J connectivity index is 2.29. The van der Waals surface area contributed by atoms with Gasteiger partial charge in [0.1, 0.15) is 5.75 Å². The Labute approximate surface area is 132 Å². The molecule has 2 N–H and O–H groups in total. The molecule has 1 aliphatic rings. The first-order valence-electron chi connectivity index (χ1n) is 6.35. The highest BCUT2D eigenvalue weighted by atomic mass is 35.5. The van der Waals surface area contributed by atoms with E-state index >= 15 is 4.39 Å². The normalized spacial score (nSPS) is 20.3. The number of carbonyl (C=O) groups is 1. The summed E-state index contributed by atoms with van der Waals surface area (Å²) < 4.78 is 54.5. The van der Waals surface area contributed by atoms with E-state index in [1.807, 2.05) is 5.32 Å². The van der Waals surface area contributed by atoms with Crippen LogP contribution >= 0.6 is 11.6 Å². The van der Waals surface area contributed by atoms with Gasteiger partial charge in [-0.05, 0) is 24.3 Å². The fourth-order valence-electron chi connectivity index (χ4n) is 2.58. The number of halogens is 5. The van der Waals surface area contributed by atoms with Crippen molar-refractivity contribution < 1.29 is 27.5 Å². The molecule has 0 aliphatic carbocycles. The Hall–Kier alpha value is -2.28. The van der Waals surface area contributed by atoms with Crippen LogP contribution in [0.25, 0.3) is 0 Å². The van der Waals surface area contributed by atoms with Crippen molar-refractivity contribution >= 4 is 23.2 Å². The van der Waals surface area contributed by atoms with Gasteiger partial charge in [-0.2, -0.15) is 13.2 Å². The molecule has 1 heterocycles. The zero-order chi connectivity index (χ0) is 17.0. The Morgan fingerprint density at radius 1 is 1.13 bits per heavy atom. The number of carbonyl (C=O) groups excluding carboxylic acids is 1. The van der Waals surface area contributed by atoms with Gasteiger partial charge in [0.15, 0.2) is 0 Å². The number of benzene rings is 2. The molecule has 0 saturated carbocycles. The number of hydrogen-bond donors (Lipinski definition) is 2. The molecule has 3 nitrogen and oxygen atoms in total. The molecule has 1 atom stereocenters. The molecule has 0 bridgehead atoms. The van der Waals surface area contributed by atoms with Crippen LogP contribution in [0.15, 0.2) is 36.4 Å². The SMILES string of the molecule is O=C1Nc2c(C(F)(F)F)cccc2C1(F)c1cc(Cl)ccc1O. The van der Waals surface area contributed by atoms with Crippen molar-refractivity contribution in [3.05, 3.63) is 58.1 Å². The predicted octanol–water partition coefficient (Wildman–Crippen LogP) is 4.23. The zero-order valence-corrected chi connectivity index (χ0v) is 12.0. The van der Waals surface area contributed by atoms with E-state index in [1.165, 1.54) is 6.07 Å². The predicted molar refractivity (Wildman–Crippen MR) is 75.1 cm³/mol. The maximum atomic E-state index is 15.4. The van der Waals surface area contributed by atoms with Gasteiger partial charge in [0, 0.05) is 16.1 Å². The van der Waals surface area contributed by atoms with Crippen LogP contribution in [0.2, 0.25) is 5.02 Å². The van der Waals surface area contributed by atoms with Crippen LogP contribution in [-0.4, -0.2) is 11.0 Å². The van der Waals surface area contributed by atoms with Crippen LogP contribution in [-0.2, 0) is 16.6 Å². The Morgan fingerprint density at radius 2 is 1.83 bits per heavy atom. The minimum atomic E-state index is -4.76. The molecule has 0 radical (unpaired) electrons. The molecule has 2 aromatic carbocycles. The number of phenols is 1. The van der Waals surface area contributed by atoms with E-state index in [0.29, 0.717) is 0 Å². The monoisotopic (exact) mass is 345 g/mol. The fourth-order valence-corrected chi connectivity index (χ4v) is 2.76. The number of nitrogens with one attached hydrogen (secondary N) is 1. The number of para-hydroxylation sites is 1. The Morgan fingerprint density at radius 3 is 2.48 bits per heavy atom. The molecule has 2 aromatic rings. The molecular weight excluding hydrogens is 338 g/mol. The first kappa shape index (κ1) is 15.6. The van der Waals surface area contributed by atoms with E-state index in [0.717, 1.165) is 30.3 Å². The fraction of sp³-hybridized carbons (Fsp3) is 0.133. The van der Waals surface area contributed by atoms with Gasteiger partial charge in [-0.3, -0.25) is 4.79 Å². The van der Waals surface area contributed by atoms with E-state index in [2.05, 4.69) is 0 Å². The van der Waals surface area contributed by atoms with E-state index in [4.69, 9.17) is 11.6 Å². The van der Waals surface area contributed by atoms with Crippen molar-refractivity contribution in [2.75, 3.05) is 5.32 Å². The third-order valence-corrected chi connectivity index (χ3v) is 3.86. The minimum absolute atomic E-state index is 0.0306. The van der Waals surface area contributed by atoms with E-state index in [-0.39, 0.29) is 5.02 Å². The van der Waals surface area contributed by atoms with Gasteiger partial charge in [-0.15, -0.1) is 0 Å². The summed E-state index contributed by atoms with van der Waals surface area (Å²) in [5.74, 6) is -1.90. The number of aromatic hydroxyl groups is 1. The summed E-state index contributed by atoms with van der Waals surface area (Å²) in [5, 5.41) is 11.8. The summed E-state index contributed by atoms with van der Waals surface area (Å²) in [5.41, 5.74) is -5.82. The lowest BCUT2D eigenvalue weighted by atomic mass is 9.88. The van der Waals surface area contributed by atoms with Gasteiger partial charge in [0.25, 0.3) is 5.91 Å². The number of amides is 1. The summed E-state index contributed by atoms with van der Waals surface area (Å²) in [6.45, 7) is 0. The van der Waals surface area contributed by atoms with Crippen LogP contribution < -0.4 is 5.32 Å². The Bertz CT molecular complexity index is 822. The maximum Gasteiger partial charge on any atom is 0.418 e. The molecule has 0 saturated heterocycles. The maximum absolute atomic E-state index is 15.4. The molecular formula is C15H8ClF4NO2. The van der Waals surface area contributed by atoms with E-state index in [9.17, 15) is 23.1 Å². The van der Waals surface area contributed by atoms with Crippen LogP contribution in [0.4, 0.5) is 23.2 Å². The summed E-state index contributed by atoms with van der Waals surface area (Å²) in [6, 6.07) is 6.14. The number of rotatable bonds is 1. The second-order valence-electron chi connectivity index (χ2n) is 5.00. The smallest absolute Gasteiger partial charge is 0.418 e. The van der Waals surface area contributed by atoms with Crippen LogP contribution in [0.5, 0.6) is 5.75 Å². The summed E-state index contributed by atoms with van der Waals surface area (Å²) in [7, 11) is 0. The van der Waals surface area contributed by atoms with Crippen molar-refractivity contribution in [3.63, 3.8) is 0 Å². The zero-order valence-electron chi connectivity index (χ0n) is 11.2. The number of fused-ring (bicyclic) bond motifs is 1. The van der Waals surface area contributed by atoms with Crippen molar-refractivity contribution in [3.8, 4) is 5.75 Å². The van der Waals surface area contributed by atoms with E-state index in [1.54, 1.807) is 0 Å². The van der Waals surface area contributed by atoms with Crippen LogP contribution in [0.3, 0.4) is 0 Å². The summed E-state index contributed by atoms with van der Waals surface area (Å²) >= 11 is 5.75. The summed E-state index contributed by atoms with van der Waals surface area (Å²) in [6.07, 6.45) is -4.76. The van der Waals surface area contributed by atoms with E-state index < -0.39 is 45.9 Å². The first-order chi connectivity index (χ1) is 10.7. The third kappa shape index (κ3) is 2.23. The highest BCUT2D eigenvalue weighted by Gasteiger charge is 2.53. The average molecular weight is 346 g/mol. The second kappa shape index (κ2) is 4.86. The lowest BCUT2D eigenvalue weighted by molar-refractivity contribution is -0.136. The van der Waals surface area contributed by atoms with Crippen molar-refractivity contribution in [1.82, 2.24) is 0 Å². The van der Waals surface area contributed by atoms with Crippen molar-refractivity contribution in [2.45, 2.75) is 11.8 Å². The number of phenolic OH excluding ortho intramolecular Hbond substituents is 1. The number of anilines is 1. The number of hydrogen-bond acceptors (Lipinski definition) is 2. The highest BCUT2D eigenvalue weighted by Crippen LogP contribution is 2.50. The van der Waals surface area contributed by atoms with Crippen LogP contribution in [0, 0.1) is 0 Å². The minimum Gasteiger partial charge on any atom is -0.508 e.